The number of hydrogen-bond acceptors (Lipinski definition) is 10. The monoisotopic (exact) mass is 570 g/mol. The number of carbonyl (C=O) groups is 1. The van der Waals surface area contributed by atoms with E-state index in [0.717, 1.165) is 60.2 Å². The maximum atomic E-state index is 12.2. The van der Waals surface area contributed by atoms with Gasteiger partial charge in [0.25, 0.3) is 0 Å². The van der Waals surface area contributed by atoms with E-state index < -0.39 is 5.97 Å². The SMILES string of the molecule is COC(=O)c1ncc2cc(-c3ccccc3)c(-c3ccc(CN4CCC(Nc5ccnc(C#N)n5)CC4)cc3)nc2c1N. The fourth-order valence-corrected chi connectivity index (χ4v) is 5.44. The number of nitriles is 1. The summed E-state index contributed by atoms with van der Waals surface area (Å²) in [6, 6.07) is 24.6. The molecule has 1 fully saturated rings. The highest BCUT2D eigenvalue weighted by atomic mass is 16.5. The minimum absolute atomic E-state index is 0.0548. The first-order valence-electron chi connectivity index (χ1n) is 14.1. The molecule has 1 aliphatic heterocycles. The van der Waals surface area contributed by atoms with Gasteiger partial charge < -0.3 is 15.8 Å². The predicted molar refractivity (Wildman–Crippen MR) is 165 cm³/mol. The second kappa shape index (κ2) is 12.2. The van der Waals surface area contributed by atoms with Gasteiger partial charge in [0.2, 0.25) is 5.82 Å². The molecule has 6 rings (SSSR count). The Hall–Kier alpha value is -5.40. The number of benzene rings is 2. The van der Waals surface area contributed by atoms with Gasteiger partial charge in [-0.3, -0.25) is 4.90 Å². The van der Waals surface area contributed by atoms with Gasteiger partial charge >= 0.3 is 5.97 Å². The minimum Gasteiger partial charge on any atom is -0.464 e. The largest absolute Gasteiger partial charge is 0.464 e. The summed E-state index contributed by atoms with van der Waals surface area (Å²) in [6.45, 7) is 2.75. The molecule has 0 unspecified atom stereocenters. The van der Waals surface area contributed by atoms with Gasteiger partial charge in [0.1, 0.15) is 11.9 Å². The highest BCUT2D eigenvalue weighted by Gasteiger charge is 2.21. The van der Waals surface area contributed by atoms with E-state index in [1.807, 2.05) is 42.5 Å². The number of nitrogens with two attached hydrogens (primary N) is 1. The molecule has 10 heteroatoms. The summed E-state index contributed by atoms with van der Waals surface area (Å²) in [5.74, 6) is 0.269. The lowest BCUT2D eigenvalue weighted by molar-refractivity contribution is 0.0595. The molecule has 4 heterocycles. The number of ether oxygens (including phenoxy) is 1. The van der Waals surface area contributed by atoms with Gasteiger partial charge in [-0.15, -0.1) is 0 Å². The van der Waals surface area contributed by atoms with Gasteiger partial charge in [-0.05, 0) is 36.1 Å². The number of rotatable bonds is 7. The van der Waals surface area contributed by atoms with Crippen molar-refractivity contribution >= 4 is 28.4 Å². The number of nitrogens with zero attached hydrogens (tertiary/aromatic N) is 6. The number of piperidine rings is 1. The van der Waals surface area contributed by atoms with Crippen molar-refractivity contribution in [2.24, 2.45) is 0 Å². The van der Waals surface area contributed by atoms with Crippen LogP contribution in [0.4, 0.5) is 11.5 Å². The van der Waals surface area contributed by atoms with Crippen LogP contribution in [0.25, 0.3) is 33.3 Å². The highest BCUT2D eigenvalue weighted by Crippen LogP contribution is 2.35. The Morgan fingerprint density at radius 3 is 2.53 bits per heavy atom. The molecule has 3 N–H and O–H groups in total. The van der Waals surface area contributed by atoms with E-state index >= 15 is 0 Å². The average molecular weight is 571 g/mol. The van der Waals surface area contributed by atoms with Crippen LogP contribution < -0.4 is 11.1 Å². The Morgan fingerprint density at radius 2 is 1.81 bits per heavy atom. The summed E-state index contributed by atoms with van der Waals surface area (Å²) in [7, 11) is 1.30. The van der Waals surface area contributed by atoms with Crippen LogP contribution in [0.1, 0.15) is 34.7 Å². The Bertz CT molecular complexity index is 1810. The normalized spacial score (nSPS) is 13.9. The van der Waals surface area contributed by atoms with E-state index in [-0.39, 0.29) is 17.2 Å². The molecular formula is C33H30N8O2. The number of nitrogen functional groups attached to an aromatic ring is 1. The third kappa shape index (κ3) is 5.98. The lowest BCUT2D eigenvalue weighted by Gasteiger charge is -2.32. The van der Waals surface area contributed by atoms with Crippen LogP contribution in [-0.2, 0) is 11.3 Å². The molecule has 0 amide bonds. The van der Waals surface area contributed by atoms with Crippen molar-refractivity contribution in [1.82, 2.24) is 24.8 Å². The first-order valence-corrected chi connectivity index (χ1v) is 14.1. The van der Waals surface area contributed by atoms with Crippen LogP contribution in [0.2, 0.25) is 0 Å². The second-order valence-electron chi connectivity index (χ2n) is 10.5. The summed E-state index contributed by atoms with van der Waals surface area (Å²) in [5.41, 5.74) is 12.0. The number of carbonyl (C=O) groups excluding carboxylic acids is 1. The van der Waals surface area contributed by atoms with Gasteiger partial charge in [0.05, 0.1) is 24.0 Å². The Balaban J connectivity index is 1.21. The summed E-state index contributed by atoms with van der Waals surface area (Å²) in [6.07, 6.45) is 5.18. The third-order valence-electron chi connectivity index (χ3n) is 7.69. The smallest absolute Gasteiger partial charge is 0.358 e. The first kappa shape index (κ1) is 27.8. The number of aromatic nitrogens is 4. The number of pyridine rings is 2. The van der Waals surface area contributed by atoms with Gasteiger partial charge in [0.15, 0.2) is 5.69 Å². The topological polar surface area (TPSA) is 143 Å². The van der Waals surface area contributed by atoms with Crippen molar-refractivity contribution in [3.63, 3.8) is 0 Å². The van der Waals surface area contributed by atoms with Crippen LogP contribution in [0.5, 0.6) is 0 Å². The maximum Gasteiger partial charge on any atom is 0.358 e. The van der Waals surface area contributed by atoms with E-state index in [4.69, 9.17) is 20.7 Å². The van der Waals surface area contributed by atoms with Crippen molar-refractivity contribution in [3.05, 3.63) is 96.2 Å². The summed E-state index contributed by atoms with van der Waals surface area (Å²) >= 11 is 0. The van der Waals surface area contributed by atoms with Crippen LogP contribution in [0.3, 0.4) is 0 Å². The van der Waals surface area contributed by atoms with Gasteiger partial charge in [0, 0.05) is 54.6 Å². The van der Waals surface area contributed by atoms with E-state index in [1.54, 1.807) is 18.5 Å². The Kier molecular flexibility index (Phi) is 7.89. The number of anilines is 2. The fraction of sp³-hybridized carbons (Fsp3) is 0.212. The summed E-state index contributed by atoms with van der Waals surface area (Å²) in [5, 5.41) is 13.2. The van der Waals surface area contributed by atoms with Gasteiger partial charge in [-0.2, -0.15) is 5.26 Å². The zero-order chi connectivity index (χ0) is 29.8. The number of likely N-dealkylation sites (tertiary alicyclic amines) is 1. The van der Waals surface area contributed by atoms with E-state index in [1.165, 1.54) is 12.7 Å². The molecule has 10 nitrogen and oxygen atoms in total. The van der Waals surface area contributed by atoms with Gasteiger partial charge in [-0.25, -0.2) is 24.7 Å². The van der Waals surface area contributed by atoms with Crippen molar-refractivity contribution in [2.45, 2.75) is 25.4 Å². The predicted octanol–water partition coefficient (Wildman–Crippen LogP) is 5.07. The first-order chi connectivity index (χ1) is 21.0. The molecule has 214 valence electrons. The maximum absolute atomic E-state index is 12.2. The van der Waals surface area contributed by atoms with Crippen LogP contribution >= 0.6 is 0 Å². The Labute approximate surface area is 249 Å². The number of nitrogens with one attached hydrogen (secondary N) is 1. The molecule has 43 heavy (non-hydrogen) atoms. The quantitative estimate of drug-likeness (QED) is 0.255. The van der Waals surface area contributed by atoms with Crippen molar-refractivity contribution in [1.29, 1.82) is 5.26 Å². The molecular weight excluding hydrogens is 540 g/mol. The van der Waals surface area contributed by atoms with E-state index in [9.17, 15) is 4.79 Å². The minimum atomic E-state index is -0.596. The highest BCUT2D eigenvalue weighted by molar-refractivity contribution is 6.04. The van der Waals surface area contributed by atoms with E-state index in [0.29, 0.717) is 17.4 Å². The molecule has 3 aromatic heterocycles. The lowest BCUT2D eigenvalue weighted by Crippen LogP contribution is -2.38. The van der Waals surface area contributed by atoms with Crippen molar-refractivity contribution in [3.8, 4) is 28.5 Å². The van der Waals surface area contributed by atoms with E-state index in [2.05, 4.69) is 49.4 Å². The second-order valence-corrected chi connectivity index (χ2v) is 10.5. The molecule has 0 saturated carbocycles. The van der Waals surface area contributed by atoms with Crippen molar-refractivity contribution in [2.75, 3.05) is 31.2 Å². The van der Waals surface area contributed by atoms with Gasteiger partial charge in [-0.1, -0.05) is 54.6 Å². The van der Waals surface area contributed by atoms with Crippen LogP contribution in [0.15, 0.2) is 79.1 Å². The molecule has 2 aromatic carbocycles. The average Bonchev–Trinajstić information content (AvgIpc) is 3.06. The zero-order valence-electron chi connectivity index (χ0n) is 23.7. The fourth-order valence-electron chi connectivity index (χ4n) is 5.44. The molecule has 1 saturated heterocycles. The number of methoxy groups -OCH3 is 1. The zero-order valence-corrected chi connectivity index (χ0v) is 23.7. The molecule has 0 bridgehead atoms. The molecule has 1 aliphatic rings. The number of hydrogen-bond donors (Lipinski definition) is 2. The summed E-state index contributed by atoms with van der Waals surface area (Å²) < 4.78 is 4.86. The van der Waals surface area contributed by atoms with Crippen LogP contribution in [0, 0.1) is 11.3 Å². The molecule has 0 aliphatic carbocycles. The number of esters is 1. The molecule has 0 radical (unpaired) electrons. The standard InChI is InChI=1S/C33H30N8O2/c1-43-33(42)32-29(35)31-24(19-37-32)17-26(22-5-3-2-4-6-22)30(40-31)23-9-7-21(8-10-23)20-41-15-12-25(13-16-41)38-27-11-14-36-28(18-34)39-27/h2-11,14,17,19,25H,12-13,15-16,20,35H2,1H3,(H,36,38,39). The number of fused-ring (bicyclic) bond motifs is 1. The molecule has 0 atom stereocenters. The molecule has 0 spiro atoms. The third-order valence-corrected chi connectivity index (χ3v) is 7.69. The van der Waals surface area contributed by atoms with Crippen LogP contribution in [-0.4, -0.2) is 57.0 Å². The molecule has 5 aromatic rings. The summed E-state index contributed by atoms with van der Waals surface area (Å²) in [4.78, 5) is 32.1. The Morgan fingerprint density at radius 1 is 1.05 bits per heavy atom. The van der Waals surface area contributed by atoms with Crippen molar-refractivity contribution < 1.29 is 9.53 Å². The lowest BCUT2D eigenvalue weighted by atomic mass is 9.96.